The Morgan fingerprint density at radius 2 is 2.19 bits per heavy atom. The predicted octanol–water partition coefficient (Wildman–Crippen LogP) is 2.24. The highest BCUT2D eigenvalue weighted by molar-refractivity contribution is 5.85. The van der Waals surface area contributed by atoms with E-state index < -0.39 is 4.92 Å². The number of rotatable bonds is 5. The van der Waals surface area contributed by atoms with Gasteiger partial charge in [0.25, 0.3) is 5.69 Å². The van der Waals surface area contributed by atoms with Gasteiger partial charge in [-0.05, 0) is 25.0 Å². The Morgan fingerprint density at radius 1 is 1.44 bits per heavy atom. The highest BCUT2D eigenvalue weighted by Crippen LogP contribution is 2.29. The summed E-state index contributed by atoms with van der Waals surface area (Å²) in [4.78, 5) is 23.5. The molecule has 2 aromatic rings. The summed E-state index contributed by atoms with van der Waals surface area (Å²) in [5.41, 5.74) is 2.43. The Balaban J connectivity index is 0.00000261. The molecule has 146 valence electrons. The fourth-order valence-electron chi connectivity index (χ4n) is 3.43. The Bertz CT molecular complexity index is 838. The van der Waals surface area contributed by atoms with Crippen LogP contribution in [0.15, 0.2) is 30.6 Å². The molecule has 1 aromatic carbocycles. The Labute approximate surface area is 163 Å². The number of nitro benzene ring substituents is 1. The number of carbonyl (C=O) groups excluding carboxylic acids is 1. The molecule has 3 rings (SSSR count). The molecule has 0 aliphatic carbocycles. The first-order valence-corrected chi connectivity index (χ1v) is 8.61. The molecule has 8 nitrogen and oxygen atoms in total. The molecule has 0 saturated carbocycles. The van der Waals surface area contributed by atoms with Crippen LogP contribution < -0.4 is 10.6 Å². The lowest BCUT2D eigenvalue weighted by atomic mass is 9.90. The summed E-state index contributed by atoms with van der Waals surface area (Å²) >= 11 is 0. The third-order valence-corrected chi connectivity index (χ3v) is 4.99. The zero-order valence-corrected chi connectivity index (χ0v) is 16.3. The van der Waals surface area contributed by atoms with E-state index in [1.54, 1.807) is 23.9 Å². The van der Waals surface area contributed by atoms with E-state index in [1.807, 2.05) is 26.2 Å². The van der Waals surface area contributed by atoms with Gasteiger partial charge in [0.2, 0.25) is 5.91 Å². The smallest absolute Gasteiger partial charge is 0.272 e. The molecule has 0 spiro atoms. The zero-order chi connectivity index (χ0) is 18.8. The van der Waals surface area contributed by atoms with E-state index in [2.05, 4.69) is 15.7 Å². The van der Waals surface area contributed by atoms with Gasteiger partial charge in [-0.2, -0.15) is 5.10 Å². The van der Waals surface area contributed by atoms with Crippen molar-refractivity contribution in [3.8, 4) is 0 Å². The van der Waals surface area contributed by atoms with Crippen LogP contribution in [0.3, 0.4) is 0 Å². The number of benzene rings is 1. The second-order valence-electron chi connectivity index (χ2n) is 6.85. The van der Waals surface area contributed by atoms with Gasteiger partial charge in [-0.15, -0.1) is 12.4 Å². The zero-order valence-electron chi connectivity index (χ0n) is 15.5. The first kappa shape index (κ1) is 20.9. The van der Waals surface area contributed by atoms with Crippen molar-refractivity contribution in [2.75, 3.05) is 13.1 Å². The van der Waals surface area contributed by atoms with Crippen molar-refractivity contribution in [1.82, 2.24) is 20.4 Å². The molecule has 2 heterocycles. The number of aryl methyl sites for hydroxylation is 2. The van der Waals surface area contributed by atoms with Crippen LogP contribution >= 0.6 is 12.4 Å². The van der Waals surface area contributed by atoms with Crippen LogP contribution in [0, 0.1) is 23.0 Å². The maximum atomic E-state index is 12.8. The molecular formula is C18H24ClN5O3. The molecule has 1 aliphatic heterocycles. The molecule has 2 N–H and O–H groups in total. The molecule has 9 heteroatoms. The van der Waals surface area contributed by atoms with Crippen molar-refractivity contribution >= 4 is 24.0 Å². The standard InChI is InChI=1S/C18H23N5O3.ClH/c1-11-4-5-13(6-17(11)23(25)26)12(2)21-18(24)16-9-19-8-15(16)14-7-20-22(3)10-14;/h4-7,10,12,15-16,19H,8-9H2,1-3H3,(H,21,24);1H/t12?,15-,16+;/m1./s1. The minimum absolute atomic E-state index is 0. The van der Waals surface area contributed by atoms with Crippen molar-refractivity contribution in [2.24, 2.45) is 13.0 Å². The van der Waals surface area contributed by atoms with Gasteiger partial charge < -0.3 is 10.6 Å². The largest absolute Gasteiger partial charge is 0.349 e. The number of hydrogen-bond donors (Lipinski definition) is 2. The predicted molar refractivity (Wildman–Crippen MR) is 104 cm³/mol. The first-order chi connectivity index (χ1) is 12.4. The molecule has 1 unspecified atom stereocenters. The van der Waals surface area contributed by atoms with Crippen molar-refractivity contribution in [3.05, 3.63) is 57.4 Å². The number of nitro groups is 1. The van der Waals surface area contributed by atoms with E-state index in [0.717, 1.165) is 17.7 Å². The summed E-state index contributed by atoms with van der Waals surface area (Å²) in [6, 6.07) is 4.76. The number of nitrogens with zero attached hydrogens (tertiary/aromatic N) is 3. The molecule has 27 heavy (non-hydrogen) atoms. The van der Waals surface area contributed by atoms with E-state index in [1.165, 1.54) is 6.07 Å². The molecule has 0 bridgehead atoms. The molecule has 3 atom stereocenters. The van der Waals surface area contributed by atoms with E-state index in [0.29, 0.717) is 12.1 Å². The second-order valence-corrected chi connectivity index (χ2v) is 6.85. The van der Waals surface area contributed by atoms with Gasteiger partial charge in [-0.1, -0.05) is 12.1 Å². The van der Waals surface area contributed by atoms with Gasteiger partial charge >= 0.3 is 0 Å². The Morgan fingerprint density at radius 3 is 2.81 bits per heavy atom. The molecule has 1 amide bonds. The maximum absolute atomic E-state index is 12.8. The Hall–Kier alpha value is -2.45. The average molecular weight is 394 g/mol. The van der Waals surface area contributed by atoms with Crippen molar-refractivity contribution in [2.45, 2.75) is 25.8 Å². The number of aromatic nitrogens is 2. The highest BCUT2D eigenvalue weighted by atomic mass is 35.5. The molecule has 1 fully saturated rings. The average Bonchev–Trinajstić information content (AvgIpc) is 3.23. The number of carbonyl (C=O) groups is 1. The number of hydrogen-bond acceptors (Lipinski definition) is 5. The fraction of sp³-hybridized carbons (Fsp3) is 0.444. The second kappa shape index (κ2) is 8.49. The summed E-state index contributed by atoms with van der Waals surface area (Å²) in [6.07, 6.45) is 3.73. The van der Waals surface area contributed by atoms with Crippen molar-refractivity contribution in [3.63, 3.8) is 0 Å². The van der Waals surface area contributed by atoms with Gasteiger partial charge in [-0.25, -0.2) is 0 Å². The number of halogens is 1. The van der Waals surface area contributed by atoms with Crippen molar-refractivity contribution < 1.29 is 9.72 Å². The van der Waals surface area contributed by atoms with Crippen LogP contribution in [0.2, 0.25) is 0 Å². The molecular weight excluding hydrogens is 370 g/mol. The monoisotopic (exact) mass is 393 g/mol. The van der Waals surface area contributed by atoms with Crippen LogP contribution in [0.1, 0.15) is 35.6 Å². The van der Waals surface area contributed by atoms with E-state index in [4.69, 9.17) is 0 Å². The summed E-state index contributed by atoms with van der Waals surface area (Å²) in [5, 5.41) is 21.6. The van der Waals surface area contributed by atoms with Gasteiger partial charge in [0, 0.05) is 43.9 Å². The van der Waals surface area contributed by atoms with Crippen LogP contribution in [-0.4, -0.2) is 33.7 Å². The van der Waals surface area contributed by atoms with Crippen LogP contribution in [0.5, 0.6) is 0 Å². The van der Waals surface area contributed by atoms with Crippen LogP contribution in [-0.2, 0) is 11.8 Å². The summed E-state index contributed by atoms with van der Waals surface area (Å²) in [7, 11) is 1.85. The fourth-order valence-corrected chi connectivity index (χ4v) is 3.43. The summed E-state index contributed by atoms with van der Waals surface area (Å²) < 4.78 is 1.73. The topological polar surface area (TPSA) is 102 Å². The van der Waals surface area contributed by atoms with Gasteiger partial charge in [-0.3, -0.25) is 19.6 Å². The van der Waals surface area contributed by atoms with Gasteiger partial charge in [0.1, 0.15) is 0 Å². The molecule has 0 radical (unpaired) electrons. The first-order valence-electron chi connectivity index (χ1n) is 8.61. The lowest BCUT2D eigenvalue weighted by Gasteiger charge is -2.21. The third-order valence-electron chi connectivity index (χ3n) is 4.99. The summed E-state index contributed by atoms with van der Waals surface area (Å²) in [6.45, 7) is 4.88. The third kappa shape index (κ3) is 4.45. The van der Waals surface area contributed by atoms with Gasteiger partial charge in [0.15, 0.2) is 0 Å². The minimum atomic E-state index is -0.396. The molecule has 1 saturated heterocycles. The van der Waals surface area contributed by atoms with E-state index >= 15 is 0 Å². The van der Waals surface area contributed by atoms with Crippen molar-refractivity contribution in [1.29, 1.82) is 0 Å². The van der Waals surface area contributed by atoms with E-state index in [-0.39, 0.29) is 41.9 Å². The molecule has 1 aliphatic rings. The van der Waals surface area contributed by atoms with E-state index in [9.17, 15) is 14.9 Å². The SMILES string of the molecule is Cc1ccc(C(C)NC(=O)[C@H]2CNC[C@@H]2c2cnn(C)c2)cc1[N+](=O)[O-].Cl. The lowest BCUT2D eigenvalue weighted by molar-refractivity contribution is -0.385. The number of amides is 1. The lowest BCUT2D eigenvalue weighted by Crippen LogP contribution is -2.36. The highest BCUT2D eigenvalue weighted by Gasteiger charge is 2.35. The number of nitrogens with one attached hydrogen (secondary N) is 2. The molecule has 1 aromatic heterocycles. The van der Waals surface area contributed by atoms with Gasteiger partial charge in [0.05, 0.1) is 23.1 Å². The maximum Gasteiger partial charge on any atom is 0.272 e. The van der Waals surface area contributed by atoms with Crippen LogP contribution in [0.25, 0.3) is 0 Å². The van der Waals surface area contributed by atoms with Crippen LogP contribution in [0.4, 0.5) is 5.69 Å². The summed E-state index contributed by atoms with van der Waals surface area (Å²) in [5.74, 6) is -0.176. The quantitative estimate of drug-likeness (QED) is 0.599. The normalized spacial score (nSPS) is 20.0. The minimum Gasteiger partial charge on any atom is -0.349 e. The Kier molecular flexibility index (Phi) is 6.56.